The van der Waals surface area contributed by atoms with Crippen LogP contribution in [0.1, 0.15) is 232 Å². The molecule has 0 aromatic carbocycles. The first kappa shape index (κ1) is 66.1. The van der Waals surface area contributed by atoms with Gasteiger partial charge in [0.25, 0.3) is 0 Å². The summed E-state index contributed by atoms with van der Waals surface area (Å²) in [6.07, 6.45) is 30.6. The highest BCUT2D eigenvalue weighted by atomic mass is 16.7. The van der Waals surface area contributed by atoms with Gasteiger partial charge in [-0.05, 0) is 44.9 Å². The van der Waals surface area contributed by atoms with Crippen molar-refractivity contribution in [1.29, 1.82) is 0 Å². The average Bonchev–Trinajstić information content (AvgIpc) is 3.37. The quantitative estimate of drug-likeness (QED) is 0.0171. The molecule has 422 valence electrons. The van der Waals surface area contributed by atoms with E-state index in [1.54, 1.807) is 0 Å². The monoisotopic (exact) mass is 1030 g/mol. The largest absolute Gasteiger partial charge is 0.462 e. The molecular weight excluding hydrogens is 925 g/mol. The van der Waals surface area contributed by atoms with Gasteiger partial charge in [0.05, 0.1) is 19.8 Å². The number of allylic oxidation sites excluding steroid dienone is 4. The Balaban J connectivity index is 1.75. The first-order valence-corrected chi connectivity index (χ1v) is 28.9. The van der Waals surface area contributed by atoms with Gasteiger partial charge in [-0.3, -0.25) is 9.59 Å². The zero-order chi connectivity index (χ0) is 52.4. The van der Waals surface area contributed by atoms with Crippen LogP contribution < -0.4 is 0 Å². The molecule has 7 N–H and O–H groups in total. The number of hydrogen-bond acceptors (Lipinski definition) is 15. The first-order valence-electron chi connectivity index (χ1n) is 28.9. The van der Waals surface area contributed by atoms with E-state index in [0.29, 0.717) is 12.8 Å². The Labute approximate surface area is 434 Å². The van der Waals surface area contributed by atoms with Crippen molar-refractivity contribution in [1.82, 2.24) is 0 Å². The van der Waals surface area contributed by atoms with Crippen LogP contribution in [0.3, 0.4) is 0 Å². The van der Waals surface area contributed by atoms with Crippen LogP contribution in [0.25, 0.3) is 0 Å². The van der Waals surface area contributed by atoms with Crippen LogP contribution in [-0.2, 0) is 38.0 Å². The molecule has 11 atom stereocenters. The third kappa shape index (κ3) is 31.1. The van der Waals surface area contributed by atoms with Crippen molar-refractivity contribution in [2.75, 3.05) is 26.4 Å². The number of ether oxygens (including phenoxy) is 6. The van der Waals surface area contributed by atoms with Crippen LogP contribution in [-0.4, -0.2) is 142 Å². The minimum Gasteiger partial charge on any atom is -0.462 e. The van der Waals surface area contributed by atoms with E-state index >= 15 is 0 Å². The number of carbonyl (C=O) groups is 2. The number of aliphatic hydroxyl groups excluding tert-OH is 7. The zero-order valence-corrected chi connectivity index (χ0v) is 44.9. The maximum atomic E-state index is 13.0. The number of hydrogen-bond donors (Lipinski definition) is 7. The van der Waals surface area contributed by atoms with E-state index in [2.05, 4.69) is 38.2 Å². The Morgan fingerprint density at radius 1 is 0.444 bits per heavy atom. The van der Waals surface area contributed by atoms with Gasteiger partial charge in [-0.2, -0.15) is 0 Å². The topological polar surface area (TPSA) is 231 Å². The maximum absolute atomic E-state index is 13.0. The molecule has 0 bridgehead atoms. The highest BCUT2D eigenvalue weighted by Crippen LogP contribution is 2.27. The summed E-state index contributed by atoms with van der Waals surface area (Å²) in [5, 5.41) is 72.2. The van der Waals surface area contributed by atoms with Gasteiger partial charge < -0.3 is 64.2 Å². The first-order chi connectivity index (χ1) is 35.0. The highest BCUT2D eigenvalue weighted by Gasteiger charge is 2.47. The Hall–Kier alpha value is -2.02. The standard InChI is InChI=1S/C57H104O15/c1-3-5-7-9-11-13-15-17-19-21-22-23-24-26-27-29-31-33-35-37-39-48(59)67-42-45(70-49(60)40-38-36-34-32-30-28-25-20-18-16-14-12-10-8-6-4-2)43-68-56-55(66)53(64)51(62)47(72-56)44-69-57-54(65)52(63)50(61)46(41-58)71-57/h14,16,20,25,45-47,50-58,61-66H,3-13,15,17-19,21-24,26-44H2,1-2H3/b16-14-,25-20-. The van der Waals surface area contributed by atoms with Crippen molar-refractivity contribution in [2.45, 2.75) is 300 Å². The molecule has 0 radical (unpaired) electrons. The van der Waals surface area contributed by atoms with Crippen LogP contribution in [0, 0.1) is 0 Å². The maximum Gasteiger partial charge on any atom is 0.306 e. The summed E-state index contributed by atoms with van der Waals surface area (Å²) in [5.74, 6) is -0.929. The summed E-state index contributed by atoms with van der Waals surface area (Å²) < 4.78 is 33.7. The summed E-state index contributed by atoms with van der Waals surface area (Å²) in [7, 11) is 0. The lowest BCUT2D eigenvalue weighted by molar-refractivity contribution is -0.332. The van der Waals surface area contributed by atoms with Gasteiger partial charge in [0.1, 0.15) is 55.4 Å². The summed E-state index contributed by atoms with van der Waals surface area (Å²) in [6.45, 7) is 2.60. The molecule has 0 spiro atoms. The van der Waals surface area contributed by atoms with Crippen molar-refractivity contribution in [3.8, 4) is 0 Å². The summed E-state index contributed by atoms with van der Waals surface area (Å²) in [5.41, 5.74) is 0. The SMILES string of the molecule is CCCCCC/C=C\C/C=C\CCCCCCCC(=O)OC(COC(=O)CCCCCCCCCCCCCCCCCCCCCC)COC1OC(COC2OC(CO)C(O)C(O)C2O)C(O)C(O)C1O. The van der Waals surface area contributed by atoms with Crippen molar-refractivity contribution >= 4 is 11.9 Å². The molecule has 2 fully saturated rings. The number of carbonyl (C=O) groups excluding carboxylic acids is 2. The van der Waals surface area contributed by atoms with E-state index in [0.717, 1.165) is 64.2 Å². The molecule has 15 nitrogen and oxygen atoms in total. The second-order valence-corrected chi connectivity index (χ2v) is 20.5. The van der Waals surface area contributed by atoms with Crippen molar-refractivity contribution in [3.05, 3.63) is 24.3 Å². The molecule has 0 amide bonds. The van der Waals surface area contributed by atoms with Gasteiger partial charge in [-0.25, -0.2) is 0 Å². The molecule has 72 heavy (non-hydrogen) atoms. The molecule has 2 aliphatic heterocycles. The molecule has 0 aliphatic carbocycles. The van der Waals surface area contributed by atoms with Gasteiger partial charge >= 0.3 is 11.9 Å². The fourth-order valence-corrected chi connectivity index (χ4v) is 9.19. The van der Waals surface area contributed by atoms with Gasteiger partial charge in [0, 0.05) is 12.8 Å². The minimum absolute atomic E-state index is 0.152. The average molecular weight is 1030 g/mol. The smallest absolute Gasteiger partial charge is 0.306 e. The predicted octanol–water partition coefficient (Wildman–Crippen LogP) is 9.50. The molecule has 2 saturated heterocycles. The van der Waals surface area contributed by atoms with Crippen molar-refractivity contribution in [3.63, 3.8) is 0 Å². The van der Waals surface area contributed by atoms with Crippen molar-refractivity contribution < 1.29 is 73.8 Å². The third-order valence-electron chi connectivity index (χ3n) is 13.9. The molecule has 0 saturated carbocycles. The van der Waals surface area contributed by atoms with Crippen molar-refractivity contribution in [2.24, 2.45) is 0 Å². The Bertz CT molecular complexity index is 1350. The van der Waals surface area contributed by atoms with Crippen LogP contribution in [0.15, 0.2) is 24.3 Å². The van der Waals surface area contributed by atoms with Gasteiger partial charge in [-0.15, -0.1) is 0 Å². The molecule has 0 aromatic rings. The van der Waals surface area contributed by atoms with Gasteiger partial charge in [0.15, 0.2) is 18.7 Å². The molecule has 2 rings (SSSR count). The third-order valence-corrected chi connectivity index (χ3v) is 13.9. The zero-order valence-electron chi connectivity index (χ0n) is 44.9. The highest BCUT2D eigenvalue weighted by molar-refractivity contribution is 5.70. The second kappa shape index (κ2) is 44.1. The number of unbranched alkanes of at least 4 members (excludes halogenated alkanes) is 28. The van der Waals surface area contributed by atoms with Crippen LogP contribution in [0.4, 0.5) is 0 Å². The fraction of sp³-hybridized carbons (Fsp3) is 0.895. The van der Waals surface area contributed by atoms with Gasteiger partial charge in [-0.1, -0.05) is 199 Å². The summed E-state index contributed by atoms with van der Waals surface area (Å²) in [4.78, 5) is 25.9. The normalized spacial score (nSPS) is 25.1. The van der Waals surface area contributed by atoms with Crippen LogP contribution in [0.2, 0.25) is 0 Å². The molecule has 11 unspecified atom stereocenters. The van der Waals surface area contributed by atoms with Crippen LogP contribution in [0.5, 0.6) is 0 Å². The Kier molecular flexibility index (Phi) is 40.5. The predicted molar refractivity (Wildman–Crippen MR) is 280 cm³/mol. The lowest BCUT2D eigenvalue weighted by atomic mass is 9.98. The molecule has 2 aliphatic rings. The molecule has 15 heteroatoms. The summed E-state index contributed by atoms with van der Waals surface area (Å²) in [6, 6.07) is 0. The number of rotatable bonds is 46. The van der Waals surface area contributed by atoms with E-state index < -0.39 is 92.7 Å². The van der Waals surface area contributed by atoms with E-state index in [1.807, 2.05) is 0 Å². The van der Waals surface area contributed by atoms with Crippen LogP contribution >= 0.6 is 0 Å². The van der Waals surface area contributed by atoms with E-state index in [1.165, 1.54) is 128 Å². The lowest BCUT2D eigenvalue weighted by Crippen LogP contribution is -2.61. The minimum atomic E-state index is -1.77. The number of aliphatic hydroxyl groups is 7. The van der Waals surface area contributed by atoms with E-state index in [4.69, 9.17) is 28.4 Å². The summed E-state index contributed by atoms with van der Waals surface area (Å²) >= 11 is 0. The molecule has 0 aromatic heterocycles. The second-order valence-electron chi connectivity index (χ2n) is 20.5. The fourth-order valence-electron chi connectivity index (χ4n) is 9.19. The number of esters is 2. The Morgan fingerprint density at radius 3 is 1.31 bits per heavy atom. The Morgan fingerprint density at radius 2 is 0.833 bits per heavy atom. The molecular formula is C57H104O15. The van der Waals surface area contributed by atoms with Gasteiger partial charge in [0.2, 0.25) is 0 Å². The van der Waals surface area contributed by atoms with E-state index in [9.17, 15) is 45.3 Å². The lowest BCUT2D eigenvalue weighted by Gasteiger charge is -2.42. The van der Waals surface area contributed by atoms with E-state index in [-0.39, 0.29) is 26.1 Å². The molecule has 2 heterocycles.